The molecule has 2 rings (SSSR count). The van der Waals surface area contributed by atoms with Gasteiger partial charge in [-0.15, -0.1) is 0 Å². The summed E-state index contributed by atoms with van der Waals surface area (Å²) in [6, 6.07) is 5.58. The van der Waals surface area contributed by atoms with Gasteiger partial charge in [0.25, 0.3) is 0 Å². The molecule has 0 saturated carbocycles. The predicted octanol–water partition coefficient (Wildman–Crippen LogP) is 1.69. The topological polar surface area (TPSA) is 49.6 Å². The Bertz CT molecular complexity index is 456. The van der Waals surface area contributed by atoms with Gasteiger partial charge in [0.2, 0.25) is 5.91 Å². The first kappa shape index (κ1) is 14.5. The van der Waals surface area contributed by atoms with Crippen LogP contribution in [0.15, 0.2) is 22.7 Å². The van der Waals surface area contributed by atoms with E-state index in [0.29, 0.717) is 5.56 Å². The van der Waals surface area contributed by atoms with Crippen molar-refractivity contribution in [1.29, 1.82) is 0 Å². The molecule has 1 aliphatic heterocycles. The van der Waals surface area contributed by atoms with Gasteiger partial charge < -0.3 is 10.6 Å². The largest absolute Gasteiger partial charge is 0.366 e. The molecule has 4 nitrogen and oxygen atoms in total. The second kappa shape index (κ2) is 6.50. The van der Waals surface area contributed by atoms with E-state index in [1.165, 1.54) is 5.56 Å². The Labute approximate surface area is 122 Å². The average molecular weight is 326 g/mol. The number of benzene rings is 1. The summed E-state index contributed by atoms with van der Waals surface area (Å²) in [7, 11) is 0. The maximum absolute atomic E-state index is 11.1. The van der Waals surface area contributed by atoms with Crippen LogP contribution >= 0.6 is 15.9 Å². The SMILES string of the molecule is CCN1CCN(Cc2ccc(C(N)=O)cc2Br)CC1. The molecular formula is C14H20BrN3O. The lowest BCUT2D eigenvalue weighted by Crippen LogP contribution is -2.45. The standard InChI is InChI=1S/C14H20BrN3O/c1-2-17-5-7-18(8-6-17)10-12-4-3-11(14(16)19)9-13(12)15/h3-4,9H,2,5-8,10H2,1H3,(H2,16,19). The number of carbonyl (C=O) groups excluding carboxylic acids is 1. The summed E-state index contributed by atoms with van der Waals surface area (Å²) in [5.41, 5.74) is 7.02. The smallest absolute Gasteiger partial charge is 0.248 e. The highest BCUT2D eigenvalue weighted by Crippen LogP contribution is 2.20. The monoisotopic (exact) mass is 325 g/mol. The minimum atomic E-state index is -0.385. The fourth-order valence-electron chi connectivity index (χ4n) is 2.33. The number of rotatable bonds is 4. The highest BCUT2D eigenvalue weighted by Gasteiger charge is 2.16. The summed E-state index contributed by atoms with van der Waals surface area (Å²) < 4.78 is 0.960. The fourth-order valence-corrected chi connectivity index (χ4v) is 2.84. The van der Waals surface area contributed by atoms with Gasteiger partial charge in [-0.3, -0.25) is 9.69 Å². The van der Waals surface area contributed by atoms with Crippen molar-refractivity contribution in [2.45, 2.75) is 13.5 Å². The first-order chi connectivity index (χ1) is 9.10. The maximum atomic E-state index is 11.1. The molecule has 19 heavy (non-hydrogen) atoms. The third-order valence-electron chi connectivity index (χ3n) is 3.64. The number of primary amides is 1. The maximum Gasteiger partial charge on any atom is 0.248 e. The first-order valence-electron chi connectivity index (χ1n) is 6.63. The van der Waals surface area contributed by atoms with Crippen molar-refractivity contribution in [3.8, 4) is 0 Å². The van der Waals surface area contributed by atoms with Crippen molar-refractivity contribution < 1.29 is 4.79 Å². The van der Waals surface area contributed by atoms with Crippen molar-refractivity contribution in [2.75, 3.05) is 32.7 Å². The third kappa shape index (κ3) is 3.78. The highest BCUT2D eigenvalue weighted by molar-refractivity contribution is 9.10. The number of hydrogen-bond donors (Lipinski definition) is 1. The normalized spacial score (nSPS) is 17.6. The Morgan fingerprint density at radius 3 is 2.42 bits per heavy atom. The van der Waals surface area contributed by atoms with E-state index in [1.54, 1.807) is 12.1 Å². The van der Waals surface area contributed by atoms with Crippen LogP contribution < -0.4 is 5.73 Å². The number of likely N-dealkylation sites (N-methyl/N-ethyl adjacent to an activating group) is 1. The molecule has 1 saturated heterocycles. The van der Waals surface area contributed by atoms with Crippen molar-refractivity contribution in [3.63, 3.8) is 0 Å². The number of piperazine rings is 1. The van der Waals surface area contributed by atoms with Crippen LogP contribution in [0.2, 0.25) is 0 Å². The molecule has 2 N–H and O–H groups in total. The Morgan fingerprint density at radius 1 is 1.26 bits per heavy atom. The van der Waals surface area contributed by atoms with Crippen molar-refractivity contribution in [1.82, 2.24) is 9.80 Å². The minimum absolute atomic E-state index is 0.385. The predicted molar refractivity (Wildman–Crippen MR) is 80.1 cm³/mol. The molecule has 0 unspecified atom stereocenters. The molecule has 0 aromatic heterocycles. The Balaban J connectivity index is 1.98. The fraction of sp³-hybridized carbons (Fsp3) is 0.500. The number of amides is 1. The molecule has 0 bridgehead atoms. The van der Waals surface area contributed by atoms with Gasteiger partial charge in [0.1, 0.15) is 0 Å². The van der Waals surface area contributed by atoms with Gasteiger partial charge in [-0.2, -0.15) is 0 Å². The van der Waals surface area contributed by atoms with Gasteiger partial charge in [0.15, 0.2) is 0 Å². The lowest BCUT2D eigenvalue weighted by molar-refractivity contribution is 0.1000. The van der Waals surface area contributed by atoms with E-state index in [1.807, 2.05) is 6.07 Å². The van der Waals surface area contributed by atoms with Gasteiger partial charge in [0.05, 0.1) is 0 Å². The van der Waals surface area contributed by atoms with E-state index in [2.05, 4.69) is 32.7 Å². The second-order valence-electron chi connectivity index (χ2n) is 4.88. The Hall–Kier alpha value is -0.910. The van der Waals surface area contributed by atoms with Crippen LogP contribution in [0.5, 0.6) is 0 Å². The van der Waals surface area contributed by atoms with Crippen LogP contribution in [0, 0.1) is 0 Å². The number of nitrogens with zero attached hydrogens (tertiary/aromatic N) is 2. The number of hydrogen-bond acceptors (Lipinski definition) is 3. The summed E-state index contributed by atoms with van der Waals surface area (Å²) in [5, 5.41) is 0. The summed E-state index contributed by atoms with van der Waals surface area (Å²) >= 11 is 3.52. The summed E-state index contributed by atoms with van der Waals surface area (Å²) in [6.07, 6.45) is 0. The van der Waals surface area contributed by atoms with Gasteiger partial charge in [-0.1, -0.05) is 28.9 Å². The molecule has 0 radical (unpaired) electrons. The van der Waals surface area contributed by atoms with E-state index < -0.39 is 0 Å². The zero-order chi connectivity index (χ0) is 13.8. The quantitative estimate of drug-likeness (QED) is 0.916. The molecule has 1 amide bonds. The zero-order valence-electron chi connectivity index (χ0n) is 11.2. The van der Waals surface area contributed by atoms with Crippen molar-refractivity contribution in [3.05, 3.63) is 33.8 Å². The van der Waals surface area contributed by atoms with Crippen molar-refractivity contribution in [2.24, 2.45) is 5.73 Å². The lowest BCUT2D eigenvalue weighted by atomic mass is 10.1. The molecule has 1 heterocycles. The van der Waals surface area contributed by atoms with E-state index in [4.69, 9.17) is 5.73 Å². The van der Waals surface area contributed by atoms with E-state index in [9.17, 15) is 4.79 Å². The van der Waals surface area contributed by atoms with Crippen LogP contribution in [0.3, 0.4) is 0 Å². The summed E-state index contributed by atoms with van der Waals surface area (Å²) in [6.45, 7) is 8.70. The third-order valence-corrected chi connectivity index (χ3v) is 4.38. The van der Waals surface area contributed by atoms with Crippen LogP contribution in [0.4, 0.5) is 0 Å². The molecule has 0 spiro atoms. The number of nitrogens with two attached hydrogens (primary N) is 1. The lowest BCUT2D eigenvalue weighted by Gasteiger charge is -2.34. The van der Waals surface area contributed by atoms with Crippen LogP contribution in [-0.2, 0) is 6.54 Å². The van der Waals surface area contributed by atoms with E-state index >= 15 is 0 Å². The second-order valence-corrected chi connectivity index (χ2v) is 5.74. The Morgan fingerprint density at radius 2 is 1.89 bits per heavy atom. The Kier molecular flexibility index (Phi) is 4.96. The van der Waals surface area contributed by atoms with Crippen molar-refractivity contribution >= 4 is 21.8 Å². The zero-order valence-corrected chi connectivity index (χ0v) is 12.8. The highest BCUT2D eigenvalue weighted by atomic mass is 79.9. The van der Waals surface area contributed by atoms with Gasteiger partial charge >= 0.3 is 0 Å². The summed E-state index contributed by atoms with van der Waals surface area (Å²) in [5.74, 6) is -0.385. The summed E-state index contributed by atoms with van der Waals surface area (Å²) in [4.78, 5) is 16.0. The average Bonchev–Trinajstić information content (AvgIpc) is 2.41. The molecule has 5 heteroatoms. The molecule has 1 aromatic carbocycles. The molecule has 104 valence electrons. The molecule has 1 fully saturated rings. The first-order valence-corrected chi connectivity index (χ1v) is 7.42. The molecule has 1 aromatic rings. The van der Waals surface area contributed by atoms with E-state index in [-0.39, 0.29) is 5.91 Å². The van der Waals surface area contributed by atoms with Crippen LogP contribution in [0.25, 0.3) is 0 Å². The molecule has 0 atom stereocenters. The number of carbonyl (C=O) groups is 1. The molecule has 0 aliphatic carbocycles. The van der Waals surface area contributed by atoms with Crippen LogP contribution in [0.1, 0.15) is 22.8 Å². The van der Waals surface area contributed by atoms with Crippen LogP contribution in [-0.4, -0.2) is 48.4 Å². The van der Waals surface area contributed by atoms with Gasteiger partial charge in [-0.25, -0.2) is 0 Å². The van der Waals surface area contributed by atoms with E-state index in [0.717, 1.165) is 43.7 Å². The molecule has 1 aliphatic rings. The minimum Gasteiger partial charge on any atom is -0.366 e. The number of halogens is 1. The van der Waals surface area contributed by atoms with Gasteiger partial charge in [-0.05, 0) is 24.2 Å². The molecular weight excluding hydrogens is 306 g/mol. The van der Waals surface area contributed by atoms with Gasteiger partial charge in [0, 0.05) is 42.8 Å².